The Hall–Kier alpha value is -7.69. The van der Waals surface area contributed by atoms with Crippen LogP contribution in [0, 0.1) is 0 Å². The van der Waals surface area contributed by atoms with Crippen LogP contribution in [0.4, 0.5) is 0 Å². The van der Waals surface area contributed by atoms with Gasteiger partial charge in [0.25, 0.3) is 0 Å². The number of pyridine rings is 1. The highest BCUT2D eigenvalue weighted by Gasteiger charge is 2.21. The van der Waals surface area contributed by atoms with Gasteiger partial charge in [-0.15, -0.1) is 0 Å². The molecule has 266 valence electrons. The van der Waals surface area contributed by atoms with Gasteiger partial charge in [-0.2, -0.15) is 0 Å². The molecule has 0 N–H and O–H groups in total. The van der Waals surface area contributed by atoms with Gasteiger partial charge in [0, 0.05) is 27.6 Å². The van der Waals surface area contributed by atoms with Crippen LogP contribution in [0.3, 0.4) is 0 Å². The molecule has 0 aliphatic heterocycles. The van der Waals surface area contributed by atoms with E-state index in [0.29, 0.717) is 5.82 Å². The molecule has 8 aromatic carbocycles. The lowest BCUT2D eigenvalue weighted by Gasteiger charge is -2.13. The lowest BCUT2D eigenvalue weighted by molar-refractivity contribution is 0.672. The molecule has 0 unspecified atom stereocenters. The van der Waals surface area contributed by atoms with E-state index in [9.17, 15) is 0 Å². The molecule has 0 aliphatic carbocycles. The Morgan fingerprint density at radius 2 is 0.895 bits per heavy atom. The van der Waals surface area contributed by atoms with E-state index >= 15 is 0 Å². The fourth-order valence-corrected chi connectivity index (χ4v) is 8.12. The van der Waals surface area contributed by atoms with Crippen molar-refractivity contribution in [3.8, 4) is 67.4 Å². The molecule has 11 aromatic rings. The highest BCUT2D eigenvalue weighted by atomic mass is 16.3. The Kier molecular flexibility index (Phi) is 7.78. The number of aromatic nitrogens is 3. The quantitative estimate of drug-likeness (QED) is 0.171. The number of hydrogen-bond acceptors (Lipinski definition) is 4. The van der Waals surface area contributed by atoms with Crippen LogP contribution < -0.4 is 0 Å². The zero-order valence-corrected chi connectivity index (χ0v) is 30.8. The number of furan rings is 1. The van der Waals surface area contributed by atoms with Crippen LogP contribution in [0.1, 0.15) is 0 Å². The Bertz CT molecular complexity index is 3260. The molecule has 4 nitrogen and oxygen atoms in total. The van der Waals surface area contributed by atoms with E-state index in [1.807, 2.05) is 36.4 Å². The van der Waals surface area contributed by atoms with Gasteiger partial charge in [0.2, 0.25) is 0 Å². The third kappa shape index (κ3) is 5.74. The maximum Gasteiger partial charge on any atom is 0.160 e. The van der Waals surface area contributed by atoms with E-state index in [4.69, 9.17) is 19.4 Å². The smallest absolute Gasteiger partial charge is 0.160 e. The number of nitrogens with zero attached hydrogens (tertiary/aromatic N) is 3. The van der Waals surface area contributed by atoms with Gasteiger partial charge in [0.1, 0.15) is 11.2 Å². The minimum atomic E-state index is 0.685. The molecule has 3 heterocycles. The van der Waals surface area contributed by atoms with E-state index in [0.717, 1.165) is 94.3 Å². The lowest BCUT2D eigenvalue weighted by Crippen LogP contribution is -1.96. The Morgan fingerprint density at radius 3 is 1.67 bits per heavy atom. The first kappa shape index (κ1) is 32.7. The maximum atomic E-state index is 6.78. The van der Waals surface area contributed by atoms with Crippen LogP contribution in [-0.2, 0) is 0 Å². The summed E-state index contributed by atoms with van der Waals surface area (Å²) in [6.07, 6.45) is 0. The molecular formula is C53H33N3O. The van der Waals surface area contributed by atoms with Gasteiger partial charge in [-0.3, -0.25) is 0 Å². The summed E-state index contributed by atoms with van der Waals surface area (Å²) in [6.45, 7) is 0. The van der Waals surface area contributed by atoms with Crippen LogP contribution in [0.5, 0.6) is 0 Å². The van der Waals surface area contributed by atoms with Gasteiger partial charge in [-0.1, -0.05) is 182 Å². The molecule has 0 radical (unpaired) electrons. The van der Waals surface area contributed by atoms with Crippen molar-refractivity contribution in [2.45, 2.75) is 0 Å². The van der Waals surface area contributed by atoms with Crippen LogP contribution in [-0.4, -0.2) is 15.0 Å². The van der Waals surface area contributed by atoms with Crippen molar-refractivity contribution in [3.63, 3.8) is 0 Å². The molecular weight excluding hydrogens is 695 g/mol. The number of hydrogen-bond donors (Lipinski definition) is 0. The monoisotopic (exact) mass is 727 g/mol. The first-order valence-corrected chi connectivity index (χ1v) is 19.2. The van der Waals surface area contributed by atoms with Gasteiger partial charge in [0.15, 0.2) is 5.82 Å². The predicted octanol–water partition coefficient (Wildman–Crippen LogP) is 14.1. The van der Waals surface area contributed by atoms with Gasteiger partial charge < -0.3 is 4.42 Å². The van der Waals surface area contributed by atoms with Crippen LogP contribution in [0.2, 0.25) is 0 Å². The normalized spacial score (nSPS) is 11.5. The van der Waals surface area contributed by atoms with Crippen LogP contribution in [0.15, 0.2) is 205 Å². The van der Waals surface area contributed by atoms with E-state index in [1.54, 1.807) is 0 Å². The van der Waals surface area contributed by atoms with E-state index < -0.39 is 0 Å². The van der Waals surface area contributed by atoms with E-state index in [1.165, 1.54) is 10.9 Å². The van der Waals surface area contributed by atoms with Gasteiger partial charge in [0.05, 0.1) is 33.4 Å². The average Bonchev–Trinajstić information content (AvgIpc) is 3.69. The second-order valence-electron chi connectivity index (χ2n) is 14.3. The zero-order valence-electron chi connectivity index (χ0n) is 30.8. The topological polar surface area (TPSA) is 51.8 Å². The van der Waals surface area contributed by atoms with Crippen LogP contribution in [0.25, 0.3) is 111 Å². The minimum absolute atomic E-state index is 0.685. The number of benzene rings is 8. The molecule has 3 aromatic heterocycles. The SMILES string of the molecule is c1ccc(-c2ccc(-c3nc(-c4ccccc4)cc(-c4ccc(-c5cccc6nc(-c7cccc8ccccc78)c7c8ccccc8oc7c56)cc4)n3)cc2)cc1. The molecule has 0 spiro atoms. The molecule has 57 heavy (non-hydrogen) atoms. The van der Waals surface area contributed by atoms with Crippen molar-refractivity contribution >= 4 is 43.6 Å². The highest BCUT2D eigenvalue weighted by molar-refractivity contribution is 6.23. The molecule has 11 rings (SSSR count). The third-order valence-electron chi connectivity index (χ3n) is 10.9. The molecule has 0 fully saturated rings. The molecule has 0 aliphatic rings. The van der Waals surface area contributed by atoms with Crippen molar-refractivity contribution in [2.75, 3.05) is 0 Å². The fourth-order valence-electron chi connectivity index (χ4n) is 8.12. The van der Waals surface area contributed by atoms with Crippen molar-refractivity contribution in [1.29, 1.82) is 0 Å². The summed E-state index contributed by atoms with van der Waals surface area (Å²) < 4.78 is 6.78. The molecule has 0 saturated carbocycles. The average molecular weight is 728 g/mol. The maximum absolute atomic E-state index is 6.78. The summed E-state index contributed by atoms with van der Waals surface area (Å²) in [5.74, 6) is 0.685. The number of fused-ring (bicyclic) bond motifs is 6. The summed E-state index contributed by atoms with van der Waals surface area (Å²) in [5.41, 5.74) is 13.8. The minimum Gasteiger partial charge on any atom is -0.455 e. The largest absolute Gasteiger partial charge is 0.455 e. The predicted molar refractivity (Wildman–Crippen MR) is 235 cm³/mol. The van der Waals surface area contributed by atoms with Gasteiger partial charge in [-0.25, -0.2) is 15.0 Å². The zero-order chi connectivity index (χ0) is 37.7. The lowest BCUT2D eigenvalue weighted by atomic mass is 9.94. The van der Waals surface area contributed by atoms with Crippen molar-refractivity contribution < 1.29 is 4.42 Å². The second kappa shape index (κ2) is 13.6. The molecule has 0 amide bonds. The molecule has 0 bridgehead atoms. The highest BCUT2D eigenvalue weighted by Crippen LogP contribution is 2.44. The Morgan fingerprint density at radius 1 is 0.351 bits per heavy atom. The summed E-state index contributed by atoms with van der Waals surface area (Å²) >= 11 is 0. The fraction of sp³-hybridized carbons (Fsp3) is 0. The first-order valence-electron chi connectivity index (χ1n) is 19.2. The first-order chi connectivity index (χ1) is 28.2. The summed E-state index contributed by atoms with van der Waals surface area (Å²) in [6, 6.07) is 69.5. The standard InChI is InChI=1S/C53H33N3O/c1-3-13-34(14-4-1)35-25-31-40(32-26-35)53-55-46(38-16-5-2-6-17-38)33-47(56-53)39-29-27-37(28-30-39)42-21-12-23-45-49(42)52-50(44-20-9-10-24-48(44)57-52)51(54-45)43-22-11-18-36-15-7-8-19-41(36)43/h1-33H. The van der Waals surface area contributed by atoms with Crippen molar-refractivity contribution in [1.82, 2.24) is 15.0 Å². The van der Waals surface area contributed by atoms with E-state index in [2.05, 4.69) is 164 Å². The second-order valence-corrected chi connectivity index (χ2v) is 14.3. The van der Waals surface area contributed by atoms with Gasteiger partial charge >= 0.3 is 0 Å². The van der Waals surface area contributed by atoms with Crippen molar-refractivity contribution in [3.05, 3.63) is 200 Å². The van der Waals surface area contributed by atoms with Crippen molar-refractivity contribution in [2.24, 2.45) is 0 Å². The number of para-hydroxylation sites is 1. The van der Waals surface area contributed by atoms with Crippen LogP contribution >= 0.6 is 0 Å². The number of rotatable bonds is 6. The summed E-state index contributed by atoms with van der Waals surface area (Å²) in [7, 11) is 0. The third-order valence-corrected chi connectivity index (χ3v) is 10.9. The molecule has 0 saturated heterocycles. The summed E-state index contributed by atoms with van der Waals surface area (Å²) in [5, 5.41) is 5.42. The Balaban J connectivity index is 1.04. The summed E-state index contributed by atoms with van der Waals surface area (Å²) in [4.78, 5) is 15.6. The Labute approximate surface area is 329 Å². The van der Waals surface area contributed by atoms with Gasteiger partial charge in [-0.05, 0) is 51.2 Å². The van der Waals surface area contributed by atoms with E-state index in [-0.39, 0.29) is 0 Å². The molecule has 4 heteroatoms. The molecule has 0 atom stereocenters.